The van der Waals surface area contributed by atoms with E-state index in [1.54, 1.807) is 50.2 Å². The maximum atomic E-state index is 11.7. The highest BCUT2D eigenvalue weighted by atomic mass is 35.5. The van der Waals surface area contributed by atoms with E-state index in [4.69, 9.17) is 16.3 Å². The van der Waals surface area contributed by atoms with Crippen LogP contribution in [0.25, 0.3) is 0 Å². The summed E-state index contributed by atoms with van der Waals surface area (Å²) in [5, 5.41) is 14.0. The molecule has 2 rings (SSSR count). The third-order valence-electron chi connectivity index (χ3n) is 3.11. The number of aromatic hydroxyl groups is 1. The Hall–Kier alpha value is -2.53. The first kappa shape index (κ1) is 16.8. The van der Waals surface area contributed by atoms with Crippen molar-refractivity contribution in [2.45, 2.75) is 13.8 Å². The van der Waals surface area contributed by atoms with Crippen LogP contribution >= 0.6 is 11.6 Å². The fourth-order valence-electron chi connectivity index (χ4n) is 1.98. The summed E-state index contributed by atoms with van der Waals surface area (Å²) in [5.74, 6) is 0.311. The van der Waals surface area contributed by atoms with Gasteiger partial charge < -0.3 is 9.84 Å². The van der Waals surface area contributed by atoms with Crippen LogP contribution in [0, 0.1) is 13.8 Å². The number of amides is 1. The number of aryl methyl sites for hydroxylation is 2. The molecule has 2 aromatic carbocycles. The number of hydrazone groups is 1. The molecule has 0 saturated carbocycles. The Balaban J connectivity index is 1.88. The highest BCUT2D eigenvalue weighted by molar-refractivity contribution is 6.32. The maximum Gasteiger partial charge on any atom is 0.277 e. The van der Waals surface area contributed by atoms with Crippen LogP contribution in [0.3, 0.4) is 0 Å². The number of para-hydroxylation sites is 1. The Morgan fingerprint density at radius 3 is 2.61 bits per heavy atom. The normalized spacial score (nSPS) is 10.7. The van der Waals surface area contributed by atoms with Gasteiger partial charge in [-0.3, -0.25) is 4.79 Å². The van der Waals surface area contributed by atoms with Gasteiger partial charge in [0.05, 0.1) is 11.2 Å². The summed E-state index contributed by atoms with van der Waals surface area (Å²) < 4.78 is 5.30. The van der Waals surface area contributed by atoms with Crippen LogP contribution in [0.2, 0.25) is 5.02 Å². The molecular formula is C17H17ClN2O3. The van der Waals surface area contributed by atoms with Crippen molar-refractivity contribution in [2.24, 2.45) is 5.10 Å². The fourth-order valence-corrected chi connectivity index (χ4v) is 2.17. The van der Waals surface area contributed by atoms with Crippen LogP contribution < -0.4 is 10.2 Å². The summed E-state index contributed by atoms with van der Waals surface area (Å²) in [5.41, 5.74) is 4.66. The monoisotopic (exact) mass is 332 g/mol. The zero-order valence-corrected chi connectivity index (χ0v) is 13.6. The first-order valence-electron chi connectivity index (χ1n) is 6.97. The molecule has 0 unspecified atom stereocenters. The summed E-state index contributed by atoms with van der Waals surface area (Å²) >= 11 is 5.93. The Morgan fingerprint density at radius 1 is 1.30 bits per heavy atom. The van der Waals surface area contributed by atoms with Crippen molar-refractivity contribution < 1.29 is 14.6 Å². The number of hydrogen-bond acceptors (Lipinski definition) is 4. The molecule has 0 spiro atoms. The predicted octanol–water partition coefficient (Wildman–Crippen LogP) is 3.19. The SMILES string of the molecule is Cc1cc(C=NNC(=O)COc2ccccc2Cl)cc(C)c1O. The van der Waals surface area contributed by atoms with Gasteiger partial charge in [-0.2, -0.15) is 5.10 Å². The van der Waals surface area contributed by atoms with Gasteiger partial charge in [-0.25, -0.2) is 5.43 Å². The van der Waals surface area contributed by atoms with E-state index in [1.807, 2.05) is 0 Å². The van der Waals surface area contributed by atoms with Gasteiger partial charge in [-0.1, -0.05) is 23.7 Å². The summed E-state index contributed by atoms with van der Waals surface area (Å²) in [4.78, 5) is 11.7. The molecule has 0 fully saturated rings. The molecule has 2 aromatic rings. The molecule has 6 heteroatoms. The van der Waals surface area contributed by atoms with Crippen molar-refractivity contribution in [1.29, 1.82) is 0 Å². The lowest BCUT2D eigenvalue weighted by atomic mass is 10.1. The molecule has 0 heterocycles. The van der Waals surface area contributed by atoms with Gasteiger partial charge in [-0.05, 0) is 54.8 Å². The molecule has 23 heavy (non-hydrogen) atoms. The number of halogens is 1. The standard InChI is InChI=1S/C17H17ClN2O3/c1-11-7-13(8-12(2)17(11)22)9-19-20-16(21)10-23-15-6-4-3-5-14(15)18/h3-9,22H,10H2,1-2H3,(H,20,21). The van der Waals surface area contributed by atoms with E-state index in [0.29, 0.717) is 10.8 Å². The Kier molecular flexibility index (Phi) is 5.60. The second-order valence-electron chi connectivity index (χ2n) is 5.02. The van der Waals surface area contributed by atoms with E-state index in [0.717, 1.165) is 16.7 Å². The summed E-state index contributed by atoms with van der Waals surface area (Å²) in [6, 6.07) is 10.5. The first-order valence-corrected chi connectivity index (χ1v) is 7.34. The van der Waals surface area contributed by atoms with Crippen molar-refractivity contribution in [2.75, 3.05) is 6.61 Å². The smallest absolute Gasteiger partial charge is 0.277 e. The van der Waals surface area contributed by atoms with E-state index < -0.39 is 5.91 Å². The Bertz CT molecular complexity index is 721. The minimum absolute atomic E-state index is 0.186. The largest absolute Gasteiger partial charge is 0.507 e. The number of rotatable bonds is 5. The number of carbonyl (C=O) groups excluding carboxylic acids is 1. The van der Waals surface area contributed by atoms with Crippen molar-refractivity contribution in [3.05, 3.63) is 58.1 Å². The zero-order chi connectivity index (χ0) is 16.8. The minimum atomic E-state index is -0.395. The predicted molar refractivity (Wildman–Crippen MR) is 90.3 cm³/mol. The lowest BCUT2D eigenvalue weighted by Crippen LogP contribution is -2.24. The number of ether oxygens (including phenoxy) is 1. The van der Waals surface area contributed by atoms with Gasteiger partial charge in [0.2, 0.25) is 0 Å². The number of phenolic OH excluding ortho intramolecular Hbond substituents is 1. The van der Waals surface area contributed by atoms with Crippen LogP contribution in [0.4, 0.5) is 0 Å². The third kappa shape index (κ3) is 4.72. The molecule has 0 aliphatic rings. The first-order chi connectivity index (χ1) is 11.0. The van der Waals surface area contributed by atoms with Crippen molar-refractivity contribution in [3.63, 3.8) is 0 Å². The average molecular weight is 333 g/mol. The number of nitrogens with zero attached hydrogens (tertiary/aromatic N) is 1. The maximum absolute atomic E-state index is 11.7. The Morgan fingerprint density at radius 2 is 1.96 bits per heavy atom. The number of phenols is 1. The molecule has 0 atom stereocenters. The van der Waals surface area contributed by atoms with Gasteiger partial charge in [0.25, 0.3) is 5.91 Å². The molecule has 2 N–H and O–H groups in total. The van der Waals surface area contributed by atoms with Gasteiger partial charge in [0, 0.05) is 0 Å². The van der Waals surface area contributed by atoms with E-state index >= 15 is 0 Å². The van der Waals surface area contributed by atoms with Crippen LogP contribution in [-0.2, 0) is 4.79 Å². The summed E-state index contributed by atoms with van der Waals surface area (Å²) in [6.07, 6.45) is 1.51. The number of benzene rings is 2. The molecule has 120 valence electrons. The lowest BCUT2D eigenvalue weighted by Gasteiger charge is -2.06. The second kappa shape index (κ2) is 7.65. The van der Waals surface area contributed by atoms with Crippen LogP contribution in [0.5, 0.6) is 11.5 Å². The fraction of sp³-hybridized carbons (Fsp3) is 0.176. The topological polar surface area (TPSA) is 70.9 Å². The molecule has 0 bridgehead atoms. The van der Waals surface area contributed by atoms with Crippen molar-refractivity contribution in [1.82, 2.24) is 5.43 Å². The van der Waals surface area contributed by atoms with E-state index in [-0.39, 0.29) is 12.4 Å². The van der Waals surface area contributed by atoms with Crippen LogP contribution in [0.15, 0.2) is 41.5 Å². The minimum Gasteiger partial charge on any atom is -0.507 e. The molecule has 0 aromatic heterocycles. The molecule has 0 saturated heterocycles. The highest BCUT2D eigenvalue weighted by Gasteiger charge is 2.05. The van der Waals surface area contributed by atoms with Gasteiger partial charge in [-0.15, -0.1) is 0 Å². The lowest BCUT2D eigenvalue weighted by molar-refractivity contribution is -0.123. The van der Waals surface area contributed by atoms with E-state index in [9.17, 15) is 9.90 Å². The van der Waals surface area contributed by atoms with E-state index in [2.05, 4.69) is 10.5 Å². The van der Waals surface area contributed by atoms with E-state index in [1.165, 1.54) is 6.21 Å². The Labute approximate surface area is 139 Å². The van der Waals surface area contributed by atoms with Crippen molar-refractivity contribution >= 4 is 23.7 Å². The average Bonchev–Trinajstić information content (AvgIpc) is 2.52. The summed E-state index contributed by atoms with van der Waals surface area (Å²) in [7, 11) is 0. The number of carbonyl (C=O) groups is 1. The number of hydrogen-bond donors (Lipinski definition) is 2. The van der Waals surface area contributed by atoms with Gasteiger partial charge in [0.1, 0.15) is 11.5 Å². The molecule has 0 radical (unpaired) electrons. The van der Waals surface area contributed by atoms with Crippen molar-refractivity contribution in [3.8, 4) is 11.5 Å². The quantitative estimate of drug-likeness (QED) is 0.652. The van der Waals surface area contributed by atoms with Gasteiger partial charge >= 0.3 is 0 Å². The summed E-state index contributed by atoms with van der Waals surface area (Å²) in [6.45, 7) is 3.42. The zero-order valence-electron chi connectivity index (χ0n) is 12.8. The number of nitrogens with one attached hydrogen (secondary N) is 1. The van der Waals surface area contributed by atoms with Crippen LogP contribution in [-0.4, -0.2) is 23.8 Å². The molecule has 1 amide bonds. The molecule has 0 aliphatic heterocycles. The highest BCUT2D eigenvalue weighted by Crippen LogP contribution is 2.23. The van der Waals surface area contributed by atoms with Crippen LogP contribution in [0.1, 0.15) is 16.7 Å². The van der Waals surface area contributed by atoms with Gasteiger partial charge in [0.15, 0.2) is 6.61 Å². The second-order valence-corrected chi connectivity index (χ2v) is 5.42. The molecule has 0 aliphatic carbocycles. The third-order valence-corrected chi connectivity index (χ3v) is 3.42. The molecule has 5 nitrogen and oxygen atoms in total. The molecular weight excluding hydrogens is 316 g/mol.